The van der Waals surface area contributed by atoms with E-state index in [2.05, 4.69) is 6.92 Å². The summed E-state index contributed by atoms with van der Waals surface area (Å²) in [5.74, 6) is -0.297. The Hall–Kier alpha value is -0.570. The maximum Gasteiger partial charge on any atom is 0.302 e. The molecule has 138 valence electrons. The molecule has 0 radical (unpaired) electrons. The molecule has 3 heteroatoms. The first-order valence-corrected chi connectivity index (χ1v) is 9.98. The average Bonchev–Trinajstić information content (AvgIpc) is 2.53. The number of aliphatic hydroxyl groups excluding tert-OH is 1. The molecule has 0 aromatic carbocycles. The van der Waals surface area contributed by atoms with Gasteiger partial charge < -0.3 is 9.84 Å². The van der Waals surface area contributed by atoms with Crippen LogP contribution >= 0.6 is 0 Å². The number of esters is 1. The standard InChI is InChI=1S/C20H40O3/c1-3-4-5-6-7-8-9-10-11-12-13-14-15-16-17-20(18-21)23-19(2)22/h20-21H,3-18H2,1-2H3. The molecule has 1 unspecified atom stereocenters. The summed E-state index contributed by atoms with van der Waals surface area (Å²) >= 11 is 0. The molecule has 23 heavy (non-hydrogen) atoms. The van der Waals surface area contributed by atoms with E-state index in [0.717, 1.165) is 12.8 Å². The minimum atomic E-state index is -0.301. The normalized spacial score (nSPS) is 12.3. The lowest BCUT2D eigenvalue weighted by atomic mass is 10.0. The monoisotopic (exact) mass is 328 g/mol. The van der Waals surface area contributed by atoms with E-state index in [4.69, 9.17) is 9.84 Å². The van der Waals surface area contributed by atoms with Crippen molar-refractivity contribution < 1.29 is 14.6 Å². The van der Waals surface area contributed by atoms with Crippen LogP contribution < -0.4 is 0 Å². The highest BCUT2D eigenvalue weighted by molar-refractivity contribution is 5.66. The maximum absolute atomic E-state index is 10.8. The van der Waals surface area contributed by atoms with Crippen LogP contribution in [0.3, 0.4) is 0 Å². The second-order valence-corrected chi connectivity index (χ2v) is 6.80. The van der Waals surface area contributed by atoms with Gasteiger partial charge in [0.15, 0.2) is 0 Å². The van der Waals surface area contributed by atoms with Crippen molar-refractivity contribution in [1.29, 1.82) is 0 Å². The van der Waals surface area contributed by atoms with Crippen molar-refractivity contribution in [3.05, 3.63) is 0 Å². The zero-order chi connectivity index (χ0) is 17.2. The molecular weight excluding hydrogens is 288 g/mol. The van der Waals surface area contributed by atoms with Crippen LogP contribution in [0.4, 0.5) is 0 Å². The van der Waals surface area contributed by atoms with Crippen LogP contribution in [-0.2, 0) is 9.53 Å². The first kappa shape index (κ1) is 22.4. The highest BCUT2D eigenvalue weighted by Gasteiger charge is 2.09. The third kappa shape index (κ3) is 17.6. The van der Waals surface area contributed by atoms with Gasteiger partial charge in [-0.15, -0.1) is 0 Å². The molecule has 0 spiro atoms. The van der Waals surface area contributed by atoms with E-state index in [9.17, 15) is 4.79 Å². The summed E-state index contributed by atoms with van der Waals surface area (Å²) in [5.41, 5.74) is 0. The molecule has 0 bridgehead atoms. The van der Waals surface area contributed by atoms with Crippen LogP contribution in [0.1, 0.15) is 110 Å². The van der Waals surface area contributed by atoms with E-state index >= 15 is 0 Å². The summed E-state index contributed by atoms with van der Waals surface area (Å²) < 4.78 is 5.02. The fourth-order valence-corrected chi connectivity index (χ4v) is 2.99. The topological polar surface area (TPSA) is 46.5 Å². The van der Waals surface area contributed by atoms with Gasteiger partial charge in [-0.3, -0.25) is 4.79 Å². The summed E-state index contributed by atoms with van der Waals surface area (Å²) in [6.45, 7) is 3.61. The van der Waals surface area contributed by atoms with Gasteiger partial charge in [0.1, 0.15) is 6.10 Å². The van der Waals surface area contributed by atoms with Crippen LogP contribution in [0.15, 0.2) is 0 Å². The molecule has 1 N–H and O–H groups in total. The molecule has 1 atom stereocenters. The van der Waals surface area contributed by atoms with Gasteiger partial charge in [-0.05, 0) is 12.8 Å². The predicted octanol–water partition coefficient (Wildman–Crippen LogP) is 5.78. The van der Waals surface area contributed by atoms with Gasteiger partial charge in [-0.2, -0.15) is 0 Å². The Morgan fingerprint density at radius 2 is 1.17 bits per heavy atom. The van der Waals surface area contributed by atoms with E-state index in [-0.39, 0.29) is 18.7 Å². The van der Waals surface area contributed by atoms with E-state index in [1.54, 1.807) is 0 Å². The van der Waals surface area contributed by atoms with Crippen molar-refractivity contribution in [2.45, 2.75) is 116 Å². The maximum atomic E-state index is 10.8. The summed E-state index contributed by atoms with van der Waals surface area (Å²) in [6.07, 6.45) is 19.2. The van der Waals surface area contributed by atoms with Crippen molar-refractivity contribution >= 4 is 5.97 Å². The summed E-state index contributed by atoms with van der Waals surface area (Å²) in [4.78, 5) is 10.8. The van der Waals surface area contributed by atoms with Crippen molar-refractivity contribution in [2.24, 2.45) is 0 Å². The summed E-state index contributed by atoms with van der Waals surface area (Å²) in [7, 11) is 0. The molecule has 3 nitrogen and oxygen atoms in total. The van der Waals surface area contributed by atoms with E-state index < -0.39 is 0 Å². The van der Waals surface area contributed by atoms with Gasteiger partial charge in [-0.1, -0.05) is 90.4 Å². The largest absolute Gasteiger partial charge is 0.460 e. The second kappa shape index (κ2) is 17.8. The number of unbranched alkanes of at least 4 members (excludes halogenated alkanes) is 13. The summed E-state index contributed by atoms with van der Waals surface area (Å²) in [5, 5.41) is 9.10. The smallest absolute Gasteiger partial charge is 0.302 e. The molecule has 0 amide bonds. The van der Waals surface area contributed by atoms with Crippen LogP contribution in [0.2, 0.25) is 0 Å². The predicted molar refractivity (Wildman–Crippen MR) is 97.6 cm³/mol. The Morgan fingerprint density at radius 1 is 0.783 bits per heavy atom. The van der Waals surface area contributed by atoms with Gasteiger partial charge in [0, 0.05) is 6.92 Å². The van der Waals surface area contributed by atoms with E-state index in [1.807, 2.05) is 0 Å². The van der Waals surface area contributed by atoms with Crippen LogP contribution in [0.25, 0.3) is 0 Å². The molecule has 0 rings (SSSR count). The lowest BCUT2D eigenvalue weighted by molar-refractivity contribution is -0.148. The molecule has 0 saturated carbocycles. The highest BCUT2D eigenvalue weighted by atomic mass is 16.5. The first-order chi connectivity index (χ1) is 11.2. The fraction of sp³-hybridized carbons (Fsp3) is 0.950. The number of aliphatic hydroxyl groups is 1. The Balaban J connectivity index is 3.17. The highest BCUT2D eigenvalue weighted by Crippen LogP contribution is 2.14. The number of carbonyl (C=O) groups is 1. The van der Waals surface area contributed by atoms with E-state index in [0.29, 0.717) is 0 Å². The molecule has 0 aromatic heterocycles. The third-order valence-electron chi connectivity index (χ3n) is 4.42. The Labute approximate surface area is 144 Å². The second-order valence-electron chi connectivity index (χ2n) is 6.80. The van der Waals surface area contributed by atoms with Gasteiger partial charge in [0.25, 0.3) is 0 Å². The zero-order valence-corrected chi connectivity index (χ0v) is 15.7. The van der Waals surface area contributed by atoms with Gasteiger partial charge in [0.2, 0.25) is 0 Å². The molecule has 0 aliphatic heterocycles. The van der Waals surface area contributed by atoms with E-state index in [1.165, 1.54) is 90.4 Å². The zero-order valence-electron chi connectivity index (χ0n) is 15.7. The van der Waals surface area contributed by atoms with Gasteiger partial charge >= 0.3 is 5.97 Å². The quantitative estimate of drug-likeness (QED) is 0.272. The number of carbonyl (C=O) groups excluding carboxylic acids is 1. The Morgan fingerprint density at radius 3 is 1.52 bits per heavy atom. The molecular formula is C20H40O3. The molecule has 0 aliphatic rings. The third-order valence-corrected chi connectivity index (χ3v) is 4.42. The van der Waals surface area contributed by atoms with Crippen molar-refractivity contribution in [1.82, 2.24) is 0 Å². The minimum absolute atomic E-state index is 0.0575. The minimum Gasteiger partial charge on any atom is -0.460 e. The average molecular weight is 329 g/mol. The number of ether oxygens (including phenoxy) is 1. The number of hydrogen-bond donors (Lipinski definition) is 1. The number of rotatable bonds is 17. The molecule has 0 fully saturated rings. The summed E-state index contributed by atoms with van der Waals surface area (Å²) in [6, 6.07) is 0. The Bertz CT molecular complexity index is 253. The van der Waals surface area contributed by atoms with Crippen molar-refractivity contribution in [3.63, 3.8) is 0 Å². The van der Waals surface area contributed by atoms with Gasteiger partial charge in [0.05, 0.1) is 6.61 Å². The molecule has 0 aromatic rings. The van der Waals surface area contributed by atoms with Crippen molar-refractivity contribution in [2.75, 3.05) is 6.61 Å². The lowest BCUT2D eigenvalue weighted by Gasteiger charge is -2.13. The molecule has 0 aliphatic carbocycles. The van der Waals surface area contributed by atoms with Gasteiger partial charge in [-0.25, -0.2) is 0 Å². The Kier molecular flexibility index (Phi) is 17.3. The first-order valence-electron chi connectivity index (χ1n) is 9.98. The van der Waals surface area contributed by atoms with Crippen LogP contribution in [-0.4, -0.2) is 23.8 Å². The molecule has 0 saturated heterocycles. The molecule has 0 heterocycles. The number of hydrogen-bond acceptors (Lipinski definition) is 3. The lowest BCUT2D eigenvalue weighted by Crippen LogP contribution is -2.20. The van der Waals surface area contributed by atoms with Crippen LogP contribution in [0.5, 0.6) is 0 Å². The SMILES string of the molecule is CCCCCCCCCCCCCCCCC(CO)OC(C)=O. The van der Waals surface area contributed by atoms with Crippen molar-refractivity contribution in [3.8, 4) is 0 Å². The van der Waals surface area contributed by atoms with Crippen LogP contribution in [0, 0.1) is 0 Å². The fourth-order valence-electron chi connectivity index (χ4n) is 2.99.